The summed E-state index contributed by atoms with van der Waals surface area (Å²) in [6.07, 6.45) is 1.56. The minimum atomic E-state index is -0.933. The highest BCUT2D eigenvalue weighted by Gasteiger charge is 2.21. The molecule has 0 aliphatic heterocycles. The Kier molecular flexibility index (Phi) is 5.27. The van der Waals surface area contributed by atoms with Crippen LogP contribution in [0.3, 0.4) is 0 Å². The third-order valence-electron chi connectivity index (χ3n) is 4.29. The van der Waals surface area contributed by atoms with Crippen LogP contribution in [-0.4, -0.2) is 50.2 Å². The molecule has 3 aromatic heterocycles. The SMILES string of the molecule is Cc1ccc(-c2cc(C(=O)N(C)CCC(=O)O)c3cnn(C(C)C)c3n2)s1. The molecular weight excluding hydrogens is 364 g/mol. The van der Waals surface area contributed by atoms with Crippen molar-refractivity contribution in [3.05, 3.63) is 34.8 Å². The molecule has 3 aromatic rings. The molecule has 8 heteroatoms. The lowest BCUT2D eigenvalue weighted by atomic mass is 10.1. The second-order valence-corrected chi connectivity index (χ2v) is 8.04. The number of carbonyl (C=O) groups excluding carboxylic acids is 1. The van der Waals surface area contributed by atoms with E-state index in [9.17, 15) is 9.59 Å². The van der Waals surface area contributed by atoms with Gasteiger partial charge in [-0.2, -0.15) is 5.10 Å². The van der Waals surface area contributed by atoms with Crippen molar-refractivity contribution in [2.75, 3.05) is 13.6 Å². The van der Waals surface area contributed by atoms with E-state index in [0.29, 0.717) is 16.6 Å². The molecule has 27 heavy (non-hydrogen) atoms. The predicted octanol–water partition coefficient (Wildman–Crippen LogP) is 3.60. The zero-order valence-electron chi connectivity index (χ0n) is 15.8. The number of aromatic nitrogens is 3. The molecule has 0 fully saturated rings. The topological polar surface area (TPSA) is 88.3 Å². The summed E-state index contributed by atoms with van der Waals surface area (Å²) < 4.78 is 1.80. The number of rotatable bonds is 6. The number of amides is 1. The summed E-state index contributed by atoms with van der Waals surface area (Å²) in [6, 6.07) is 5.89. The van der Waals surface area contributed by atoms with Crippen LogP contribution in [0, 0.1) is 6.92 Å². The number of carboxylic acids is 1. The fraction of sp³-hybridized carbons (Fsp3) is 0.368. The van der Waals surface area contributed by atoms with Crippen LogP contribution in [0.1, 0.15) is 41.5 Å². The van der Waals surface area contributed by atoms with Crippen LogP contribution >= 0.6 is 11.3 Å². The Bertz CT molecular complexity index is 1010. The quantitative estimate of drug-likeness (QED) is 0.699. The van der Waals surface area contributed by atoms with E-state index in [-0.39, 0.29) is 24.9 Å². The van der Waals surface area contributed by atoms with Crippen LogP contribution in [0.2, 0.25) is 0 Å². The van der Waals surface area contributed by atoms with Gasteiger partial charge in [-0.1, -0.05) is 0 Å². The van der Waals surface area contributed by atoms with Gasteiger partial charge >= 0.3 is 5.97 Å². The van der Waals surface area contributed by atoms with Gasteiger partial charge in [-0.25, -0.2) is 9.67 Å². The Balaban J connectivity index is 2.12. The number of carboxylic acid groups (broad SMARTS) is 1. The summed E-state index contributed by atoms with van der Waals surface area (Å²) >= 11 is 1.61. The summed E-state index contributed by atoms with van der Waals surface area (Å²) in [6.45, 7) is 6.19. The minimum absolute atomic E-state index is 0.0985. The van der Waals surface area contributed by atoms with E-state index in [1.165, 1.54) is 4.90 Å². The molecule has 0 bridgehead atoms. The van der Waals surface area contributed by atoms with Gasteiger partial charge in [0, 0.05) is 24.5 Å². The molecule has 7 nitrogen and oxygen atoms in total. The average Bonchev–Trinajstić information content (AvgIpc) is 3.24. The number of aryl methyl sites for hydroxylation is 1. The monoisotopic (exact) mass is 386 g/mol. The normalized spacial score (nSPS) is 11.3. The van der Waals surface area contributed by atoms with Gasteiger partial charge in [-0.15, -0.1) is 11.3 Å². The largest absolute Gasteiger partial charge is 0.481 e. The molecule has 0 aliphatic rings. The number of aliphatic carboxylic acids is 1. The average molecular weight is 386 g/mol. The van der Waals surface area contributed by atoms with Crippen LogP contribution in [0.15, 0.2) is 24.4 Å². The van der Waals surface area contributed by atoms with Gasteiger partial charge in [0.2, 0.25) is 0 Å². The Labute approximate surface area is 161 Å². The summed E-state index contributed by atoms with van der Waals surface area (Å²) in [5.74, 6) is -1.17. The zero-order valence-corrected chi connectivity index (χ0v) is 16.6. The van der Waals surface area contributed by atoms with Crippen LogP contribution in [-0.2, 0) is 4.79 Å². The van der Waals surface area contributed by atoms with E-state index in [1.807, 2.05) is 32.9 Å². The number of pyridine rings is 1. The summed E-state index contributed by atoms with van der Waals surface area (Å²) in [5.41, 5.74) is 1.86. The van der Waals surface area contributed by atoms with Gasteiger partial charge in [-0.05, 0) is 39.0 Å². The first-order valence-electron chi connectivity index (χ1n) is 8.70. The molecule has 1 N–H and O–H groups in total. The first-order valence-corrected chi connectivity index (χ1v) is 9.52. The second kappa shape index (κ2) is 7.48. The fourth-order valence-corrected chi connectivity index (χ4v) is 3.67. The van der Waals surface area contributed by atoms with Crippen molar-refractivity contribution in [1.82, 2.24) is 19.7 Å². The van der Waals surface area contributed by atoms with Crippen LogP contribution in [0.4, 0.5) is 0 Å². The van der Waals surface area contributed by atoms with E-state index in [1.54, 1.807) is 35.3 Å². The molecule has 142 valence electrons. The molecule has 0 atom stereocenters. The fourth-order valence-electron chi connectivity index (χ4n) is 2.84. The van der Waals surface area contributed by atoms with Crippen molar-refractivity contribution in [2.45, 2.75) is 33.2 Å². The van der Waals surface area contributed by atoms with Crippen molar-refractivity contribution in [2.24, 2.45) is 0 Å². The van der Waals surface area contributed by atoms with Gasteiger partial charge < -0.3 is 10.0 Å². The van der Waals surface area contributed by atoms with Gasteiger partial charge in [0.15, 0.2) is 5.65 Å². The molecule has 0 saturated heterocycles. The molecule has 0 saturated carbocycles. The summed E-state index contributed by atoms with van der Waals surface area (Å²) in [5, 5.41) is 14.0. The Hall–Kier alpha value is -2.74. The molecule has 0 spiro atoms. The van der Waals surface area contributed by atoms with Gasteiger partial charge in [-0.3, -0.25) is 9.59 Å². The molecule has 1 amide bonds. The Morgan fingerprint density at radius 2 is 2.07 bits per heavy atom. The number of hydrogen-bond acceptors (Lipinski definition) is 5. The molecule has 3 heterocycles. The molecule has 0 radical (unpaired) electrons. The van der Waals surface area contributed by atoms with Gasteiger partial charge in [0.1, 0.15) is 0 Å². The molecule has 0 unspecified atom stereocenters. The van der Waals surface area contributed by atoms with E-state index in [2.05, 4.69) is 5.10 Å². The highest BCUT2D eigenvalue weighted by Crippen LogP contribution is 2.31. The second-order valence-electron chi connectivity index (χ2n) is 6.76. The first-order chi connectivity index (χ1) is 12.8. The maximum absolute atomic E-state index is 13.0. The van der Waals surface area contributed by atoms with Gasteiger partial charge in [0.05, 0.1) is 34.1 Å². The number of hydrogen-bond donors (Lipinski definition) is 1. The Morgan fingerprint density at radius 1 is 1.33 bits per heavy atom. The molecule has 3 rings (SSSR count). The maximum atomic E-state index is 13.0. The zero-order chi connectivity index (χ0) is 19.7. The van der Waals surface area contributed by atoms with E-state index in [0.717, 1.165) is 15.4 Å². The van der Waals surface area contributed by atoms with E-state index in [4.69, 9.17) is 10.1 Å². The van der Waals surface area contributed by atoms with Crippen LogP contribution in [0.5, 0.6) is 0 Å². The van der Waals surface area contributed by atoms with Crippen LogP contribution in [0.25, 0.3) is 21.6 Å². The smallest absolute Gasteiger partial charge is 0.305 e. The summed E-state index contributed by atoms with van der Waals surface area (Å²) in [7, 11) is 1.61. The van der Waals surface area contributed by atoms with E-state index >= 15 is 0 Å². The van der Waals surface area contributed by atoms with Crippen molar-refractivity contribution in [3.63, 3.8) is 0 Å². The highest BCUT2D eigenvalue weighted by atomic mass is 32.1. The number of fused-ring (bicyclic) bond motifs is 1. The van der Waals surface area contributed by atoms with Crippen LogP contribution < -0.4 is 0 Å². The number of nitrogens with zero attached hydrogens (tertiary/aromatic N) is 4. The maximum Gasteiger partial charge on any atom is 0.305 e. The lowest BCUT2D eigenvalue weighted by Gasteiger charge is -2.17. The number of carbonyl (C=O) groups is 2. The third kappa shape index (κ3) is 3.85. The standard InChI is InChI=1S/C19H22N4O3S/c1-11(2)23-18-14(10-20-23)13(19(26)22(4)8-7-17(24)25)9-15(21-18)16-6-5-12(3)27-16/h5-6,9-11H,7-8H2,1-4H3,(H,24,25). The minimum Gasteiger partial charge on any atom is -0.481 e. The van der Waals surface area contributed by atoms with Crippen molar-refractivity contribution >= 4 is 34.2 Å². The number of thiophene rings is 1. The lowest BCUT2D eigenvalue weighted by Crippen LogP contribution is -2.29. The van der Waals surface area contributed by atoms with Crippen molar-refractivity contribution < 1.29 is 14.7 Å². The first kappa shape index (κ1) is 19.0. The third-order valence-corrected chi connectivity index (χ3v) is 5.31. The van der Waals surface area contributed by atoms with E-state index < -0.39 is 5.97 Å². The van der Waals surface area contributed by atoms with Gasteiger partial charge in [0.25, 0.3) is 5.91 Å². The highest BCUT2D eigenvalue weighted by molar-refractivity contribution is 7.15. The molecule has 0 aromatic carbocycles. The Morgan fingerprint density at radius 3 is 2.67 bits per heavy atom. The lowest BCUT2D eigenvalue weighted by molar-refractivity contribution is -0.137. The predicted molar refractivity (Wildman–Crippen MR) is 105 cm³/mol. The van der Waals surface area contributed by atoms with Crippen molar-refractivity contribution in [1.29, 1.82) is 0 Å². The summed E-state index contributed by atoms with van der Waals surface area (Å²) in [4.78, 5) is 32.2. The molecule has 0 aliphatic carbocycles. The van der Waals surface area contributed by atoms with Crippen molar-refractivity contribution in [3.8, 4) is 10.6 Å². The molecular formula is C19H22N4O3S.